The summed E-state index contributed by atoms with van der Waals surface area (Å²) in [6.45, 7) is 4.40. The number of hydrogen-bond donors (Lipinski definition) is 1. The largest absolute Gasteiger partial charge is 0.369 e. The summed E-state index contributed by atoms with van der Waals surface area (Å²) in [6.07, 6.45) is 4.84. The molecule has 2 aromatic rings. The third-order valence-electron chi connectivity index (χ3n) is 3.35. The highest BCUT2D eigenvalue weighted by atomic mass is 35.5. The van der Waals surface area contributed by atoms with Gasteiger partial charge in [0.2, 0.25) is 5.95 Å². The topological polar surface area (TPSA) is 43.8 Å². The van der Waals surface area contributed by atoms with Crippen LogP contribution in [0.25, 0.3) is 11.0 Å². The summed E-state index contributed by atoms with van der Waals surface area (Å²) in [7, 11) is 0. The number of unbranched alkanes of at least 4 members (excludes halogenated alkanes) is 2. The second-order valence-electron chi connectivity index (χ2n) is 4.82. The van der Waals surface area contributed by atoms with Crippen molar-refractivity contribution in [1.82, 2.24) is 9.55 Å². The van der Waals surface area contributed by atoms with Crippen LogP contribution in [0.15, 0.2) is 18.2 Å². The molecule has 0 saturated carbocycles. The molecule has 0 saturated heterocycles. The number of halogens is 1. The van der Waals surface area contributed by atoms with Crippen LogP contribution < -0.4 is 5.73 Å². The van der Waals surface area contributed by atoms with Gasteiger partial charge in [0.25, 0.3) is 0 Å². The number of imidazole rings is 1. The van der Waals surface area contributed by atoms with Crippen LogP contribution in [0.4, 0.5) is 5.95 Å². The Bertz CT molecular complexity index is 533. The number of nitrogens with two attached hydrogens (primary N) is 1. The highest BCUT2D eigenvalue weighted by Crippen LogP contribution is 2.27. The van der Waals surface area contributed by atoms with Gasteiger partial charge in [-0.1, -0.05) is 37.8 Å². The standard InChI is InChI=1S/C14H20ClN3/c1-3-4-5-6-10(2)18-13-9-11(15)7-8-12(13)17-14(18)16/h7-10H,3-6H2,1-2H3,(H2,16,17). The van der Waals surface area contributed by atoms with Crippen LogP contribution in [0.1, 0.15) is 45.6 Å². The Hall–Kier alpha value is -1.22. The predicted octanol–water partition coefficient (Wildman–Crippen LogP) is 4.41. The van der Waals surface area contributed by atoms with E-state index in [-0.39, 0.29) is 0 Å². The van der Waals surface area contributed by atoms with Crippen molar-refractivity contribution in [3.63, 3.8) is 0 Å². The van der Waals surface area contributed by atoms with Crippen molar-refractivity contribution in [3.05, 3.63) is 23.2 Å². The fourth-order valence-electron chi connectivity index (χ4n) is 2.37. The number of nitrogen functional groups attached to an aromatic ring is 1. The van der Waals surface area contributed by atoms with Gasteiger partial charge in [0.15, 0.2) is 0 Å². The number of fused-ring (bicyclic) bond motifs is 1. The van der Waals surface area contributed by atoms with Crippen LogP contribution in [0.3, 0.4) is 0 Å². The maximum atomic E-state index is 6.05. The number of anilines is 1. The molecule has 0 aliphatic heterocycles. The second kappa shape index (κ2) is 5.61. The van der Waals surface area contributed by atoms with Crippen molar-refractivity contribution in [2.75, 3.05) is 5.73 Å². The molecule has 0 amide bonds. The molecule has 1 aromatic carbocycles. The van der Waals surface area contributed by atoms with Gasteiger partial charge in [0, 0.05) is 11.1 Å². The van der Waals surface area contributed by atoms with Crippen LogP contribution in [-0.4, -0.2) is 9.55 Å². The van der Waals surface area contributed by atoms with Crippen molar-refractivity contribution in [3.8, 4) is 0 Å². The fourth-order valence-corrected chi connectivity index (χ4v) is 2.53. The summed E-state index contributed by atoms with van der Waals surface area (Å²) >= 11 is 6.05. The molecule has 3 nitrogen and oxygen atoms in total. The smallest absolute Gasteiger partial charge is 0.201 e. The number of rotatable bonds is 5. The molecule has 18 heavy (non-hydrogen) atoms. The molecule has 98 valence electrons. The van der Waals surface area contributed by atoms with E-state index in [0.29, 0.717) is 12.0 Å². The van der Waals surface area contributed by atoms with E-state index in [1.54, 1.807) is 0 Å². The normalized spacial score (nSPS) is 13.1. The first-order valence-electron chi connectivity index (χ1n) is 6.56. The van der Waals surface area contributed by atoms with Gasteiger partial charge < -0.3 is 10.3 Å². The molecule has 1 unspecified atom stereocenters. The summed E-state index contributed by atoms with van der Waals surface area (Å²) in [5, 5.41) is 0.726. The third-order valence-corrected chi connectivity index (χ3v) is 3.58. The van der Waals surface area contributed by atoms with E-state index in [0.717, 1.165) is 22.5 Å². The highest BCUT2D eigenvalue weighted by Gasteiger charge is 2.13. The summed E-state index contributed by atoms with van der Waals surface area (Å²) < 4.78 is 2.09. The van der Waals surface area contributed by atoms with E-state index in [1.165, 1.54) is 19.3 Å². The Balaban J connectivity index is 2.30. The first kappa shape index (κ1) is 13.2. The zero-order valence-electron chi connectivity index (χ0n) is 11.0. The zero-order chi connectivity index (χ0) is 13.1. The molecule has 0 aliphatic carbocycles. The lowest BCUT2D eigenvalue weighted by atomic mass is 10.1. The monoisotopic (exact) mass is 265 g/mol. The Morgan fingerprint density at radius 3 is 2.89 bits per heavy atom. The van der Waals surface area contributed by atoms with Crippen molar-refractivity contribution >= 4 is 28.6 Å². The first-order valence-corrected chi connectivity index (χ1v) is 6.94. The highest BCUT2D eigenvalue weighted by molar-refractivity contribution is 6.31. The number of nitrogens with zero attached hydrogens (tertiary/aromatic N) is 2. The van der Waals surface area contributed by atoms with Crippen LogP contribution >= 0.6 is 11.6 Å². The van der Waals surface area contributed by atoms with Crippen LogP contribution in [-0.2, 0) is 0 Å². The van der Waals surface area contributed by atoms with E-state index in [1.807, 2.05) is 18.2 Å². The Labute approximate surface area is 113 Å². The minimum absolute atomic E-state index is 0.361. The summed E-state index contributed by atoms with van der Waals surface area (Å²) in [5.41, 5.74) is 7.96. The number of benzene rings is 1. The molecule has 0 spiro atoms. The van der Waals surface area contributed by atoms with Crippen molar-refractivity contribution in [2.24, 2.45) is 0 Å². The molecular formula is C14H20ClN3. The zero-order valence-corrected chi connectivity index (χ0v) is 11.7. The third kappa shape index (κ3) is 2.61. The molecular weight excluding hydrogens is 246 g/mol. The minimum atomic E-state index is 0.361. The quantitative estimate of drug-likeness (QED) is 0.814. The lowest BCUT2D eigenvalue weighted by Gasteiger charge is -2.15. The predicted molar refractivity (Wildman–Crippen MR) is 78.0 cm³/mol. The minimum Gasteiger partial charge on any atom is -0.369 e. The van der Waals surface area contributed by atoms with Gasteiger partial charge in [-0.05, 0) is 31.5 Å². The van der Waals surface area contributed by atoms with E-state index < -0.39 is 0 Å². The van der Waals surface area contributed by atoms with Crippen molar-refractivity contribution in [2.45, 2.75) is 45.6 Å². The Morgan fingerprint density at radius 2 is 2.17 bits per heavy atom. The van der Waals surface area contributed by atoms with Crippen molar-refractivity contribution in [1.29, 1.82) is 0 Å². The summed E-state index contributed by atoms with van der Waals surface area (Å²) in [5.74, 6) is 0.580. The van der Waals surface area contributed by atoms with E-state index in [9.17, 15) is 0 Å². The lowest BCUT2D eigenvalue weighted by Crippen LogP contribution is -2.08. The van der Waals surface area contributed by atoms with Gasteiger partial charge in [-0.2, -0.15) is 0 Å². The van der Waals surface area contributed by atoms with Crippen molar-refractivity contribution < 1.29 is 0 Å². The van der Waals surface area contributed by atoms with Gasteiger partial charge in [-0.3, -0.25) is 0 Å². The average Bonchev–Trinajstić information content (AvgIpc) is 2.64. The molecule has 2 rings (SSSR count). The molecule has 1 heterocycles. The molecule has 0 aliphatic rings. The molecule has 0 bridgehead atoms. The Kier molecular flexibility index (Phi) is 4.12. The molecule has 0 radical (unpaired) electrons. The SMILES string of the molecule is CCCCCC(C)n1c(N)nc2ccc(Cl)cc21. The molecule has 4 heteroatoms. The Morgan fingerprint density at radius 1 is 1.39 bits per heavy atom. The van der Waals surface area contributed by atoms with Gasteiger partial charge in [-0.15, -0.1) is 0 Å². The van der Waals surface area contributed by atoms with E-state index >= 15 is 0 Å². The van der Waals surface area contributed by atoms with Gasteiger partial charge in [0.1, 0.15) is 0 Å². The average molecular weight is 266 g/mol. The maximum absolute atomic E-state index is 6.05. The van der Waals surface area contributed by atoms with Gasteiger partial charge in [-0.25, -0.2) is 4.98 Å². The van der Waals surface area contributed by atoms with E-state index in [2.05, 4.69) is 23.4 Å². The van der Waals surface area contributed by atoms with E-state index in [4.69, 9.17) is 17.3 Å². The van der Waals surface area contributed by atoms with Gasteiger partial charge in [0.05, 0.1) is 11.0 Å². The number of hydrogen-bond acceptors (Lipinski definition) is 2. The first-order chi connectivity index (χ1) is 8.63. The molecule has 0 fully saturated rings. The van der Waals surface area contributed by atoms with Crippen LogP contribution in [0.2, 0.25) is 5.02 Å². The fraction of sp³-hybridized carbons (Fsp3) is 0.500. The molecule has 1 atom stereocenters. The van der Waals surface area contributed by atoms with Crippen LogP contribution in [0, 0.1) is 0 Å². The lowest BCUT2D eigenvalue weighted by molar-refractivity contribution is 0.492. The molecule has 2 N–H and O–H groups in total. The maximum Gasteiger partial charge on any atom is 0.201 e. The molecule has 1 aromatic heterocycles. The summed E-state index contributed by atoms with van der Waals surface area (Å²) in [6, 6.07) is 6.07. The second-order valence-corrected chi connectivity index (χ2v) is 5.25. The summed E-state index contributed by atoms with van der Waals surface area (Å²) in [4.78, 5) is 4.39. The van der Waals surface area contributed by atoms with Gasteiger partial charge >= 0.3 is 0 Å². The van der Waals surface area contributed by atoms with Crippen LogP contribution in [0.5, 0.6) is 0 Å². The number of aromatic nitrogens is 2.